The van der Waals surface area contributed by atoms with Crippen molar-refractivity contribution >= 4 is 27.3 Å². The fourth-order valence-electron chi connectivity index (χ4n) is 1.79. The van der Waals surface area contributed by atoms with E-state index in [1.165, 1.54) is 29.0 Å². The third-order valence-corrected chi connectivity index (χ3v) is 5.15. The fraction of sp³-hybridized carbons (Fsp3) is 0.500. The SMILES string of the molecule is COC(=O)c1cc2c(s1)CCN(S(C)(=O)=O)C2. The first-order chi connectivity index (χ1) is 7.91. The third kappa shape index (κ3) is 2.51. The van der Waals surface area contributed by atoms with E-state index >= 15 is 0 Å². The van der Waals surface area contributed by atoms with E-state index in [1.807, 2.05) is 0 Å². The molecule has 0 radical (unpaired) electrons. The average molecular weight is 275 g/mol. The van der Waals surface area contributed by atoms with E-state index in [4.69, 9.17) is 0 Å². The summed E-state index contributed by atoms with van der Waals surface area (Å²) in [4.78, 5) is 13.0. The summed E-state index contributed by atoms with van der Waals surface area (Å²) in [7, 11) is -1.83. The third-order valence-electron chi connectivity index (χ3n) is 2.69. The van der Waals surface area contributed by atoms with Gasteiger partial charge in [-0.25, -0.2) is 13.2 Å². The van der Waals surface area contributed by atoms with Crippen LogP contribution in [0.2, 0.25) is 0 Å². The number of hydrogen-bond donors (Lipinski definition) is 0. The highest BCUT2D eigenvalue weighted by Gasteiger charge is 2.26. The maximum Gasteiger partial charge on any atom is 0.348 e. The first-order valence-electron chi connectivity index (χ1n) is 5.07. The van der Waals surface area contributed by atoms with Crippen molar-refractivity contribution in [3.05, 3.63) is 21.4 Å². The molecule has 0 atom stereocenters. The Morgan fingerprint density at radius 1 is 1.53 bits per heavy atom. The molecular weight excluding hydrogens is 262 g/mol. The van der Waals surface area contributed by atoms with Gasteiger partial charge in [-0.3, -0.25) is 0 Å². The Bertz CT molecular complexity index is 547. The van der Waals surface area contributed by atoms with Crippen LogP contribution in [0.5, 0.6) is 0 Å². The molecule has 2 rings (SSSR count). The largest absolute Gasteiger partial charge is 0.465 e. The van der Waals surface area contributed by atoms with E-state index in [0.717, 1.165) is 10.4 Å². The van der Waals surface area contributed by atoms with Crippen LogP contribution in [0, 0.1) is 0 Å². The standard InChI is InChI=1S/C10H13NO4S2/c1-15-10(12)9-5-7-6-11(17(2,13)14)4-3-8(7)16-9/h5H,3-4,6H2,1-2H3. The average Bonchev–Trinajstić information content (AvgIpc) is 2.69. The number of nitrogens with zero attached hydrogens (tertiary/aromatic N) is 1. The van der Waals surface area contributed by atoms with Gasteiger partial charge in [0.15, 0.2) is 0 Å². The first-order valence-corrected chi connectivity index (χ1v) is 7.73. The summed E-state index contributed by atoms with van der Waals surface area (Å²) < 4.78 is 28.9. The molecule has 0 amide bonds. The Kier molecular flexibility index (Phi) is 3.24. The van der Waals surface area contributed by atoms with Gasteiger partial charge in [0.05, 0.1) is 13.4 Å². The number of thiophene rings is 1. The van der Waals surface area contributed by atoms with Crippen molar-refractivity contribution in [2.24, 2.45) is 0 Å². The minimum atomic E-state index is -3.16. The van der Waals surface area contributed by atoms with E-state index in [-0.39, 0.29) is 5.97 Å². The van der Waals surface area contributed by atoms with Crippen molar-refractivity contribution in [3.8, 4) is 0 Å². The van der Waals surface area contributed by atoms with E-state index in [1.54, 1.807) is 6.07 Å². The molecule has 0 N–H and O–H groups in total. The normalized spacial score (nSPS) is 16.6. The van der Waals surface area contributed by atoms with E-state index < -0.39 is 10.0 Å². The van der Waals surface area contributed by atoms with Gasteiger partial charge >= 0.3 is 5.97 Å². The molecule has 0 aromatic carbocycles. The number of ether oxygens (including phenoxy) is 1. The predicted molar refractivity (Wildman–Crippen MR) is 64.6 cm³/mol. The summed E-state index contributed by atoms with van der Waals surface area (Å²) >= 11 is 1.38. The van der Waals surface area contributed by atoms with E-state index in [0.29, 0.717) is 24.4 Å². The van der Waals surface area contributed by atoms with Crippen LogP contribution >= 0.6 is 11.3 Å². The number of hydrogen-bond acceptors (Lipinski definition) is 5. The highest BCUT2D eigenvalue weighted by Crippen LogP contribution is 2.29. The zero-order valence-electron chi connectivity index (χ0n) is 9.60. The molecule has 5 nitrogen and oxygen atoms in total. The van der Waals surface area contributed by atoms with Gasteiger partial charge < -0.3 is 4.74 Å². The van der Waals surface area contributed by atoms with E-state index in [2.05, 4.69) is 4.74 Å². The molecule has 0 fully saturated rings. The molecule has 0 saturated carbocycles. The Morgan fingerprint density at radius 2 is 2.24 bits per heavy atom. The number of rotatable bonds is 2. The Labute approximate surface area is 104 Å². The molecule has 0 unspecified atom stereocenters. The molecule has 0 spiro atoms. The lowest BCUT2D eigenvalue weighted by Gasteiger charge is -2.24. The molecular formula is C10H13NO4S2. The Hall–Kier alpha value is -0.920. The van der Waals surface area contributed by atoms with Gasteiger partial charge in [-0.15, -0.1) is 11.3 Å². The summed E-state index contributed by atoms with van der Waals surface area (Å²) in [5.74, 6) is -0.365. The van der Waals surface area contributed by atoms with E-state index in [9.17, 15) is 13.2 Å². The molecule has 17 heavy (non-hydrogen) atoms. The van der Waals surface area contributed by atoms with Crippen LogP contribution in [-0.2, 0) is 27.7 Å². The summed E-state index contributed by atoms with van der Waals surface area (Å²) in [6.45, 7) is 0.828. The number of sulfonamides is 1. The lowest BCUT2D eigenvalue weighted by atomic mass is 10.1. The number of fused-ring (bicyclic) bond motifs is 1. The van der Waals surface area contributed by atoms with Gasteiger partial charge in [0, 0.05) is 18.0 Å². The van der Waals surface area contributed by atoms with Crippen molar-refractivity contribution < 1.29 is 17.9 Å². The van der Waals surface area contributed by atoms with Crippen LogP contribution in [0.3, 0.4) is 0 Å². The van der Waals surface area contributed by atoms with Crippen LogP contribution in [0.25, 0.3) is 0 Å². The molecule has 7 heteroatoms. The molecule has 1 aliphatic heterocycles. The van der Waals surface area contributed by atoms with Gasteiger partial charge in [-0.1, -0.05) is 0 Å². The lowest BCUT2D eigenvalue weighted by Crippen LogP contribution is -2.34. The minimum Gasteiger partial charge on any atom is -0.465 e. The van der Waals surface area contributed by atoms with Crippen LogP contribution in [-0.4, -0.2) is 38.6 Å². The molecule has 1 aliphatic rings. The molecule has 0 aliphatic carbocycles. The number of carbonyl (C=O) groups excluding carboxylic acids is 1. The summed E-state index contributed by atoms with van der Waals surface area (Å²) in [6.07, 6.45) is 1.86. The summed E-state index contributed by atoms with van der Waals surface area (Å²) in [5.41, 5.74) is 0.909. The maximum atomic E-state index is 11.4. The predicted octanol–water partition coefficient (Wildman–Crippen LogP) is 0.852. The highest BCUT2D eigenvalue weighted by atomic mass is 32.2. The monoisotopic (exact) mass is 275 g/mol. The van der Waals surface area contributed by atoms with Gasteiger partial charge in [0.25, 0.3) is 0 Å². The highest BCUT2D eigenvalue weighted by molar-refractivity contribution is 7.88. The number of methoxy groups -OCH3 is 1. The Balaban J connectivity index is 2.27. The second-order valence-electron chi connectivity index (χ2n) is 3.90. The van der Waals surface area contributed by atoms with Crippen molar-refractivity contribution in [3.63, 3.8) is 0 Å². The van der Waals surface area contributed by atoms with Crippen LogP contribution in [0.15, 0.2) is 6.07 Å². The second kappa shape index (κ2) is 4.40. The van der Waals surface area contributed by atoms with Gasteiger partial charge in [0.2, 0.25) is 10.0 Å². The molecule has 94 valence electrons. The van der Waals surface area contributed by atoms with Crippen LogP contribution < -0.4 is 0 Å². The fourth-order valence-corrected chi connectivity index (χ4v) is 3.67. The molecule has 0 saturated heterocycles. The summed E-state index contributed by atoms with van der Waals surface area (Å²) in [5, 5.41) is 0. The van der Waals surface area contributed by atoms with Gasteiger partial charge in [-0.05, 0) is 18.1 Å². The molecule has 2 heterocycles. The van der Waals surface area contributed by atoms with Crippen molar-refractivity contribution in [1.82, 2.24) is 4.31 Å². The Morgan fingerprint density at radius 3 is 2.82 bits per heavy atom. The van der Waals surface area contributed by atoms with Gasteiger partial charge in [-0.2, -0.15) is 4.31 Å². The lowest BCUT2D eigenvalue weighted by molar-refractivity contribution is 0.0606. The zero-order valence-corrected chi connectivity index (χ0v) is 11.2. The van der Waals surface area contributed by atoms with Crippen molar-refractivity contribution in [2.75, 3.05) is 19.9 Å². The quantitative estimate of drug-likeness (QED) is 0.751. The van der Waals surface area contributed by atoms with Crippen LogP contribution in [0.1, 0.15) is 20.1 Å². The minimum absolute atomic E-state index is 0.349. The first kappa shape index (κ1) is 12.5. The zero-order chi connectivity index (χ0) is 12.6. The number of esters is 1. The molecule has 1 aromatic heterocycles. The molecule has 0 bridgehead atoms. The van der Waals surface area contributed by atoms with Gasteiger partial charge in [0.1, 0.15) is 4.88 Å². The topological polar surface area (TPSA) is 63.7 Å². The number of carbonyl (C=O) groups is 1. The van der Waals surface area contributed by atoms with Crippen molar-refractivity contribution in [2.45, 2.75) is 13.0 Å². The molecule has 1 aromatic rings. The van der Waals surface area contributed by atoms with Crippen molar-refractivity contribution in [1.29, 1.82) is 0 Å². The second-order valence-corrected chi connectivity index (χ2v) is 7.02. The van der Waals surface area contributed by atoms with Crippen LogP contribution in [0.4, 0.5) is 0 Å². The summed E-state index contributed by atoms with van der Waals surface area (Å²) in [6, 6.07) is 1.73. The smallest absolute Gasteiger partial charge is 0.348 e. The maximum absolute atomic E-state index is 11.4.